The highest BCUT2D eigenvalue weighted by molar-refractivity contribution is 6.37. The van der Waals surface area contributed by atoms with Crippen molar-refractivity contribution in [2.45, 2.75) is 13.5 Å². The Bertz CT molecular complexity index is 782. The van der Waals surface area contributed by atoms with Crippen molar-refractivity contribution in [2.75, 3.05) is 6.61 Å². The van der Waals surface area contributed by atoms with Gasteiger partial charge in [-0.25, -0.2) is 0 Å². The van der Waals surface area contributed by atoms with E-state index in [1.807, 2.05) is 31.2 Å². The number of hydrogen-bond acceptors (Lipinski definition) is 4. The number of tetrazole rings is 1. The number of rotatable bonds is 5. The van der Waals surface area contributed by atoms with Gasteiger partial charge in [0.25, 0.3) is 0 Å². The first-order valence-corrected chi connectivity index (χ1v) is 7.81. The largest absolute Gasteiger partial charge is 0.488 e. The van der Waals surface area contributed by atoms with E-state index in [4.69, 9.17) is 27.9 Å². The fourth-order valence-electron chi connectivity index (χ4n) is 2.01. The van der Waals surface area contributed by atoms with Gasteiger partial charge in [0.15, 0.2) is 5.75 Å². The van der Waals surface area contributed by atoms with Crippen LogP contribution in [0.4, 0.5) is 0 Å². The van der Waals surface area contributed by atoms with Crippen molar-refractivity contribution in [2.24, 2.45) is 0 Å². The molecular weight excluding hydrogens is 335 g/mol. The van der Waals surface area contributed by atoms with Gasteiger partial charge in [-0.3, -0.25) is 0 Å². The molecule has 3 aromatic rings. The number of nitrogens with zero attached hydrogens (tertiary/aromatic N) is 4. The van der Waals surface area contributed by atoms with Gasteiger partial charge in [-0.2, -0.15) is 4.80 Å². The molecule has 0 radical (unpaired) electrons. The summed E-state index contributed by atoms with van der Waals surface area (Å²) >= 11 is 12.1. The van der Waals surface area contributed by atoms with Crippen LogP contribution in [0, 0.1) is 6.92 Å². The first-order chi connectivity index (χ1) is 11.1. The number of benzene rings is 2. The predicted octanol–water partition coefficient (Wildman–Crippen LogP) is 4.03. The van der Waals surface area contributed by atoms with E-state index in [1.54, 1.807) is 18.2 Å². The van der Waals surface area contributed by atoms with E-state index in [-0.39, 0.29) is 0 Å². The summed E-state index contributed by atoms with van der Waals surface area (Å²) in [6.07, 6.45) is 0. The second-order valence-electron chi connectivity index (χ2n) is 4.97. The highest BCUT2D eigenvalue weighted by Gasteiger charge is 2.08. The first kappa shape index (κ1) is 15.8. The minimum atomic E-state index is 0.340. The number of halogens is 2. The van der Waals surface area contributed by atoms with Gasteiger partial charge in [0, 0.05) is 5.56 Å². The van der Waals surface area contributed by atoms with E-state index in [0.717, 1.165) is 5.56 Å². The quantitative estimate of drug-likeness (QED) is 0.698. The average molecular weight is 349 g/mol. The SMILES string of the molecule is Cc1ccc(-c2nnn(CCOc3c(Cl)cccc3Cl)n2)cc1. The average Bonchev–Trinajstić information content (AvgIpc) is 3.00. The van der Waals surface area contributed by atoms with Crippen molar-refractivity contribution < 1.29 is 4.74 Å². The molecule has 0 aliphatic rings. The maximum absolute atomic E-state index is 6.05. The topological polar surface area (TPSA) is 52.8 Å². The molecule has 0 aliphatic carbocycles. The summed E-state index contributed by atoms with van der Waals surface area (Å²) in [5.41, 5.74) is 2.11. The standard InChI is InChI=1S/C16H14Cl2N4O/c1-11-5-7-12(8-6-11)16-19-21-22(20-16)9-10-23-15-13(17)3-2-4-14(15)18/h2-8H,9-10H2,1H3. The first-order valence-electron chi connectivity index (χ1n) is 7.05. The number of hydrogen-bond donors (Lipinski definition) is 0. The number of para-hydroxylation sites is 1. The maximum atomic E-state index is 6.05. The fraction of sp³-hybridized carbons (Fsp3) is 0.188. The van der Waals surface area contributed by atoms with Gasteiger partial charge in [0.1, 0.15) is 6.61 Å². The second kappa shape index (κ2) is 6.98. The molecule has 7 heteroatoms. The van der Waals surface area contributed by atoms with E-state index in [9.17, 15) is 0 Å². The molecule has 0 aliphatic heterocycles. The Hall–Kier alpha value is -2.11. The third kappa shape index (κ3) is 3.81. The number of aryl methyl sites for hydroxylation is 1. The summed E-state index contributed by atoms with van der Waals surface area (Å²) in [4.78, 5) is 1.49. The lowest BCUT2D eigenvalue weighted by molar-refractivity contribution is 0.280. The Labute approximate surface area is 143 Å². The Morgan fingerprint density at radius 2 is 1.74 bits per heavy atom. The van der Waals surface area contributed by atoms with E-state index in [0.29, 0.717) is 34.8 Å². The zero-order valence-electron chi connectivity index (χ0n) is 12.4. The molecule has 118 valence electrons. The summed E-state index contributed by atoms with van der Waals surface area (Å²) in [6, 6.07) is 13.2. The van der Waals surface area contributed by atoms with Crippen molar-refractivity contribution in [3.63, 3.8) is 0 Å². The lowest BCUT2D eigenvalue weighted by atomic mass is 10.1. The molecule has 0 saturated heterocycles. The molecule has 0 unspecified atom stereocenters. The van der Waals surface area contributed by atoms with E-state index < -0.39 is 0 Å². The van der Waals surface area contributed by atoms with Gasteiger partial charge in [-0.1, -0.05) is 59.1 Å². The molecule has 1 aromatic heterocycles. The van der Waals surface area contributed by atoms with Gasteiger partial charge in [-0.05, 0) is 24.3 Å². The smallest absolute Gasteiger partial charge is 0.204 e. The van der Waals surface area contributed by atoms with Crippen LogP contribution in [0.2, 0.25) is 10.0 Å². The molecule has 0 amide bonds. The van der Waals surface area contributed by atoms with Crippen molar-refractivity contribution in [3.05, 3.63) is 58.1 Å². The molecule has 5 nitrogen and oxygen atoms in total. The molecule has 3 rings (SSSR count). The number of ether oxygens (including phenoxy) is 1. The molecule has 0 bridgehead atoms. The Kier molecular flexibility index (Phi) is 4.79. The van der Waals surface area contributed by atoms with Crippen LogP contribution in [-0.2, 0) is 6.54 Å². The predicted molar refractivity (Wildman–Crippen MR) is 89.9 cm³/mol. The molecular formula is C16H14Cl2N4O. The monoisotopic (exact) mass is 348 g/mol. The van der Waals surface area contributed by atoms with Crippen LogP contribution in [0.3, 0.4) is 0 Å². The zero-order valence-corrected chi connectivity index (χ0v) is 13.9. The van der Waals surface area contributed by atoms with E-state index >= 15 is 0 Å². The Morgan fingerprint density at radius 3 is 2.43 bits per heavy atom. The van der Waals surface area contributed by atoms with Gasteiger partial charge < -0.3 is 4.74 Å². The lowest BCUT2D eigenvalue weighted by Crippen LogP contribution is -2.11. The van der Waals surface area contributed by atoms with Crippen LogP contribution in [0.5, 0.6) is 5.75 Å². The van der Waals surface area contributed by atoms with Gasteiger partial charge in [0.2, 0.25) is 5.82 Å². The molecule has 2 aromatic carbocycles. The van der Waals surface area contributed by atoms with Gasteiger partial charge in [-0.15, -0.1) is 10.2 Å². The summed E-state index contributed by atoms with van der Waals surface area (Å²) in [5, 5.41) is 13.4. The minimum absolute atomic E-state index is 0.340. The van der Waals surface area contributed by atoms with E-state index in [2.05, 4.69) is 15.4 Å². The zero-order chi connectivity index (χ0) is 16.2. The molecule has 23 heavy (non-hydrogen) atoms. The van der Waals surface area contributed by atoms with Crippen LogP contribution < -0.4 is 4.74 Å². The third-order valence-electron chi connectivity index (χ3n) is 3.22. The highest BCUT2D eigenvalue weighted by Crippen LogP contribution is 2.32. The van der Waals surface area contributed by atoms with Gasteiger partial charge >= 0.3 is 0 Å². The van der Waals surface area contributed by atoms with E-state index in [1.165, 1.54) is 10.4 Å². The van der Waals surface area contributed by atoms with Crippen LogP contribution in [0.1, 0.15) is 5.56 Å². The van der Waals surface area contributed by atoms with Crippen LogP contribution in [0.25, 0.3) is 11.4 Å². The summed E-state index contributed by atoms with van der Waals surface area (Å²) in [5.74, 6) is 1.05. The lowest BCUT2D eigenvalue weighted by Gasteiger charge is -2.08. The van der Waals surface area contributed by atoms with Crippen molar-refractivity contribution in [1.82, 2.24) is 20.2 Å². The maximum Gasteiger partial charge on any atom is 0.204 e. The van der Waals surface area contributed by atoms with Crippen molar-refractivity contribution in [3.8, 4) is 17.1 Å². The molecule has 0 saturated carbocycles. The van der Waals surface area contributed by atoms with Crippen LogP contribution in [-0.4, -0.2) is 26.8 Å². The van der Waals surface area contributed by atoms with Crippen molar-refractivity contribution >= 4 is 23.2 Å². The molecule has 0 spiro atoms. The summed E-state index contributed by atoms with van der Waals surface area (Å²) < 4.78 is 5.61. The second-order valence-corrected chi connectivity index (χ2v) is 5.79. The Balaban J connectivity index is 1.62. The van der Waals surface area contributed by atoms with Crippen molar-refractivity contribution in [1.29, 1.82) is 0 Å². The van der Waals surface area contributed by atoms with Crippen LogP contribution >= 0.6 is 23.2 Å². The highest BCUT2D eigenvalue weighted by atomic mass is 35.5. The fourth-order valence-corrected chi connectivity index (χ4v) is 2.51. The molecule has 0 atom stereocenters. The third-order valence-corrected chi connectivity index (χ3v) is 3.81. The molecule has 1 heterocycles. The Morgan fingerprint density at radius 1 is 1.04 bits per heavy atom. The summed E-state index contributed by atoms with van der Waals surface area (Å²) in [7, 11) is 0. The minimum Gasteiger partial charge on any atom is -0.488 e. The molecule has 0 N–H and O–H groups in total. The van der Waals surface area contributed by atoms with Gasteiger partial charge in [0.05, 0.1) is 16.6 Å². The molecule has 0 fully saturated rings. The number of aromatic nitrogens is 4. The summed E-state index contributed by atoms with van der Waals surface area (Å²) in [6.45, 7) is 2.82. The normalized spacial score (nSPS) is 10.7. The van der Waals surface area contributed by atoms with Crippen LogP contribution in [0.15, 0.2) is 42.5 Å².